The number of hydrogen-bond acceptors (Lipinski definition) is 7. The number of rotatable bonds is 8. The number of hydrogen-bond donors (Lipinski definition) is 4. The summed E-state index contributed by atoms with van der Waals surface area (Å²) in [5.74, 6) is 1.81. The van der Waals surface area contributed by atoms with Gasteiger partial charge in [0.1, 0.15) is 23.8 Å². The lowest BCUT2D eigenvalue weighted by molar-refractivity contribution is 0.0131. The molecule has 19 heavy (non-hydrogen) atoms. The molecule has 1 unspecified atom stereocenters. The van der Waals surface area contributed by atoms with Gasteiger partial charge in [0.25, 0.3) is 0 Å². The molecule has 0 aromatic carbocycles. The highest BCUT2D eigenvalue weighted by atomic mass is 16.5. The molecule has 1 aromatic heterocycles. The van der Waals surface area contributed by atoms with E-state index in [1.165, 1.54) is 0 Å². The maximum Gasteiger partial charge on any atom is 0.158 e. The van der Waals surface area contributed by atoms with E-state index in [9.17, 15) is 5.11 Å². The van der Waals surface area contributed by atoms with Crippen molar-refractivity contribution in [2.24, 2.45) is 0 Å². The van der Waals surface area contributed by atoms with Crippen LogP contribution in [-0.2, 0) is 11.3 Å². The summed E-state index contributed by atoms with van der Waals surface area (Å²) in [6.45, 7) is 4.44. The summed E-state index contributed by atoms with van der Waals surface area (Å²) >= 11 is 0. The van der Waals surface area contributed by atoms with E-state index in [0.717, 1.165) is 6.54 Å². The van der Waals surface area contributed by atoms with Crippen LogP contribution in [0.2, 0.25) is 0 Å². The summed E-state index contributed by atoms with van der Waals surface area (Å²) in [4.78, 5) is 8.54. The molecule has 0 aliphatic rings. The topological polar surface area (TPSA) is 99.5 Å². The Kier molecular flexibility index (Phi) is 5.94. The van der Waals surface area contributed by atoms with Gasteiger partial charge in [-0.2, -0.15) is 0 Å². The lowest BCUT2D eigenvalue weighted by Gasteiger charge is -2.21. The van der Waals surface area contributed by atoms with Gasteiger partial charge in [-0.15, -0.1) is 0 Å². The zero-order chi connectivity index (χ0) is 14.3. The van der Waals surface area contributed by atoms with E-state index in [1.807, 2.05) is 6.92 Å². The van der Waals surface area contributed by atoms with Gasteiger partial charge >= 0.3 is 0 Å². The highest BCUT2D eigenvalue weighted by Crippen LogP contribution is 2.13. The number of anilines is 2. The van der Waals surface area contributed by atoms with Gasteiger partial charge in [0.15, 0.2) is 5.82 Å². The molecule has 0 saturated heterocycles. The molecule has 0 amide bonds. The van der Waals surface area contributed by atoms with Crippen LogP contribution in [0, 0.1) is 0 Å². The Balaban J connectivity index is 2.80. The van der Waals surface area contributed by atoms with Gasteiger partial charge in [-0.05, 0) is 13.8 Å². The van der Waals surface area contributed by atoms with Gasteiger partial charge in [0, 0.05) is 26.3 Å². The fourth-order valence-corrected chi connectivity index (χ4v) is 1.39. The van der Waals surface area contributed by atoms with Gasteiger partial charge in [-0.25, -0.2) is 9.97 Å². The molecule has 0 aliphatic carbocycles. The summed E-state index contributed by atoms with van der Waals surface area (Å²) in [6.07, 6.45) is 0. The number of methoxy groups -OCH3 is 1. The number of ether oxygens (including phenoxy) is 1. The lowest BCUT2D eigenvalue weighted by Crippen LogP contribution is -2.37. The van der Waals surface area contributed by atoms with Crippen molar-refractivity contribution in [1.82, 2.24) is 9.97 Å². The van der Waals surface area contributed by atoms with E-state index >= 15 is 0 Å². The van der Waals surface area contributed by atoms with E-state index in [-0.39, 0.29) is 13.2 Å². The van der Waals surface area contributed by atoms with Crippen LogP contribution in [-0.4, -0.2) is 52.6 Å². The Labute approximate surface area is 113 Å². The minimum Gasteiger partial charge on any atom is -0.393 e. The smallest absolute Gasteiger partial charge is 0.158 e. The Morgan fingerprint density at radius 3 is 2.47 bits per heavy atom. The molecule has 0 spiro atoms. The zero-order valence-electron chi connectivity index (χ0n) is 11.6. The quantitative estimate of drug-likeness (QED) is 0.536. The molecule has 1 rings (SSSR count). The summed E-state index contributed by atoms with van der Waals surface area (Å²) in [5, 5.41) is 24.8. The number of nitrogens with one attached hydrogen (secondary N) is 2. The van der Waals surface area contributed by atoms with E-state index in [1.54, 1.807) is 20.1 Å². The third kappa shape index (κ3) is 5.37. The number of aliphatic hydroxyl groups excluding tert-OH is 1. The molecule has 7 heteroatoms. The molecular weight excluding hydrogens is 248 g/mol. The summed E-state index contributed by atoms with van der Waals surface area (Å²) < 4.78 is 5.01. The van der Waals surface area contributed by atoms with Crippen LogP contribution in [0.5, 0.6) is 0 Å². The maximum absolute atomic E-state index is 9.73. The summed E-state index contributed by atoms with van der Waals surface area (Å²) in [6, 6.07) is 1.75. The molecule has 1 atom stereocenters. The Bertz CT molecular complexity index is 374. The molecule has 1 aromatic rings. The van der Waals surface area contributed by atoms with Crippen molar-refractivity contribution in [1.29, 1.82) is 0 Å². The number of aliphatic hydroxyl groups is 2. The first-order chi connectivity index (χ1) is 9.00. The molecular formula is C12H22N4O3. The van der Waals surface area contributed by atoms with Crippen molar-refractivity contribution >= 4 is 11.6 Å². The van der Waals surface area contributed by atoms with E-state index < -0.39 is 5.60 Å². The summed E-state index contributed by atoms with van der Waals surface area (Å²) in [5.41, 5.74) is -1.19. The maximum atomic E-state index is 9.73. The van der Waals surface area contributed by atoms with E-state index in [0.29, 0.717) is 24.1 Å². The predicted octanol–water partition coefficient (Wildman–Crippen LogP) is 0.210. The van der Waals surface area contributed by atoms with Crippen molar-refractivity contribution in [3.63, 3.8) is 0 Å². The third-order valence-electron chi connectivity index (χ3n) is 2.39. The van der Waals surface area contributed by atoms with Crippen LogP contribution < -0.4 is 10.6 Å². The van der Waals surface area contributed by atoms with E-state index in [4.69, 9.17) is 9.84 Å². The molecule has 0 radical (unpaired) electrons. The van der Waals surface area contributed by atoms with Crippen molar-refractivity contribution in [3.8, 4) is 0 Å². The van der Waals surface area contributed by atoms with Crippen LogP contribution in [0.15, 0.2) is 6.07 Å². The molecule has 1 heterocycles. The number of aromatic nitrogens is 2. The molecule has 0 bridgehead atoms. The second-order valence-electron chi connectivity index (χ2n) is 4.53. The fourth-order valence-electron chi connectivity index (χ4n) is 1.39. The normalized spacial score (nSPS) is 13.9. The van der Waals surface area contributed by atoms with Gasteiger partial charge in [0.2, 0.25) is 0 Å². The van der Waals surface area contributed by atoms with Crippen LogP contribution in [0.25, 0.3) is 0 Å². The van der Waals surface area contributed by atoms with Gasteiger partial charge < -0.3 is 25.6 Å². The highest BCUT2D eigenvalue weighted by molar-refractivity contribution is 5.47. The second-order valence-corrected chi connectivity index (χ2v) is 4.53. The predicted molar refractivity (Wildman–Crippen MR) is 73.1 cm³/mol. The first-order valence-electron chi connectivity index (χ1n) is 6.18. The molecule has 7 nitrogen and oxygen atoms in total. The van der Waals surface area contributed by atoms with E-state index in [2.05, 4.69) is 20.6 Å². The van der Waals surface area contributed by atoms with Crippen LogP contribution >= 0.6 is 0 Å². The molecule has 0 aliphatic heterocycles. The largest absolute Gasteiger partial charge is 0.393 e. The average molecular weight is 270 g/mol. The second kappa shape index (κ2) is 7.22. The third-order valence-corrected chi connectivity index (χ3v) is 2.39. The van der Waals surface area contributed by atoms with Crippen molar-refractivity contribution in [2.75, 3.05) is 37.4 Å². The SMILES string of the molecule is CCNc1cc(NCC(C)(O)CO)nc(COC)n1. The molecule has 4 N–H and O–H groups in total. The zero-order valence-corrected chi connectivity index (χ0v) is 11.6. The Hall–Kier alpha value is -1.44. The highest BCUT2D eigenvalue weighted by Gasteiger charge is 2.18. The minimum absolute atomic E-state index is 0.193. The minimum atomic E-state index is -1.19. The number of nitrogens with zero attached hydrogens (tertiary/aromatic N) is 2. The van der Waals surface area contributed by atoms with Crippen LogP contribution in [0.4, 0.5) is 11.6 Å². The van der Waals surface area contributed by atoms with Gasteiger partial charge in [-0.1, -0.05) is 0 Å². The Morgan fingerprint density at radius 2 is 1.95 bits per heavy atom. The standard InChI is InChI=1S/C12H22N4O3/c1-4-13-9-5-10(14-7-12(2,18)8-17)16-11(15-9)6-19-3/h5,17-18H,4,6-8H2,1-3H3,(H2,13,14,15,16). The average Bonchev–Trinajstić information content (AvgIpc) is 2.37. The van der Waals surface area contributed by atoms with Crippen molar-refractivity contribution in [3.05, 3.63) is 11.9 Å². The Morgan fingerprint density at radius 1 is 1.32 bits per heavy atom. The van der Waals surface area contributed by atoms with Crippen molar-refractivity contribution < 1.29 is 14.9 Å². The first-order valence-corrected chi connectivity index (χ1v) is 6.18. The summed E-state index contributed by atoms with van der Waals surface area (Å²) in [7, 11) is 1.58. The molecule has 0 saturated carbocycles. The monoisotopic (exact) mass is 270 g/mol. The van der Waals surface area contributed by atoms with Crippen LogP contribution in [0.1, 0.15) is 19.7 Å². The van der Waals surface area contributed by atoms with Crippen LogP contribution in [0.3, 0.4) is 0 Å². The van der Waals surface area contributed by atoms with Gasteiger partial charge in [-0.3, -0.25) is 0 Å². The van der Waals surface area contributed by atoms with Crippen molar-refractivity contribution in [2.45, 2.75) is 26.1 Å². The molecule has 0 fully saturated rings. The lowest BCUT2D eigenvalue weighted by atomic mass is 10.1. The fraction of sp³-hybridized carbons (Fsp3) is 0.667. The molecule has 108 valence electrons. The first kappa shape index (κ1) is 15.6. The van der Waals surface area contributed by atoms with Gasteiger partial charge in [0.05, 0.1) is 6.61 Å².